The monoisotopic (exact) mass is 422 g/mol. The predicted molar refractivity (Wildman–Crippen MR) is 106 cm³/mol. The van der Waals surface area contributed by atoms with E-state index in [4.69, 9.17) is 4.74 Å². The summed E-state index contributed by atoms with van der Waals surface area (Å²) in [5.41, 5.74) is -0.187. The summed E-state index contributed by atoms with van der Waals surface area (Å²) >= 11 is 0. The quantitative estimate of drug-likeness (QED) is 0.700. The van der Waals surface area contributed by atoms with E-state index in [2.05, 4.69) is 0 Å². The molecule has 2 amide bonds. The molecule has 2 aliphatic heterocycles. The van der Waals surface area contributed by atoms with Gasteiger partial charge in [0.25, 0.3) is 11.8 Å². The molecule has 0 spiro atoms. The lowest BCUT2D eigenvalue weighted by Crippen LogP contribution is -2.49. The topological polar surface area (TPSA) is 66.9 Å². The largest absolute Gasteiger partial charge is 0.455 e. The summed E-state index contributed by atoms with van der Waals surface area (Å²) in [6.45, 7) is 4.28. The van der Waals surface area contributed by atoms with Gasteiger partial charge in [0.2, 0.25) is 0 Å². The van der Waals surface area contributed by atoms with E-state index in [1.54, 1.807) is 4.90 Å². The minimum atomic E-state index is -0.902. The van der Waals surface area contributed by atoms with Gasteiger partial charge in [0, 0.05) is 31.2 Å². The van der Waals surface area contributed by atoms with Crippen molar-refractivity contribution in [2.24, 2.45) is 5.92 Å². The van der Waals surface area contributed by atoms with Gasteiger partial charge in [-0.3, -0.25) is 14.4 Å². The molecule has 164 valence electrons. The van der Waals surface area contributed by atoms with Crippen LogP contribution in [0.15, 0.2) is 18.2 Å². The Bertz CT molecular complexity index is 798. The Morgan fingerprint density at radius 3 is 2.27 bits per heavy atom. The molecule has 0 aromatic heterocycles. The van der Waals surface area contributed by atoms with Crippen molar-refractivity contribution < 1.29 is 27.9 Å². The summed E-state index contributed by atoms with van der Waals surface area (Å²) in [4.78, 5) is 40.6. The zero-order valence-corrected chi connectivity index (χ0v) is 17.4. The third-order valence-corrected chi connectivity index (χ3v) is 6.10. The normalized spacial score (nSPS) is 22.7. The van der Waals surface area contributed by atoms with Crippen LogP contribution in [0, 0.1) is 17.6 Å². The Kier molecular flexibility index (Phi) is 7.05. The molecule has 0 bridgehead atoms. The molecule has 2 aliphatic rings. The second-order valence-corrected chi connectivity index (χ2v) is 8.23. The number of piperidine rings is 2. The van der Waals surface area contributed by atoms with Crippen LogP contribution in [0.3, 0.4) is 0 Å². The van der Waals surface area contributed by atoms with Gasteiger partial charge in [-0.05, 0) is 58.1 Å². The molecule has 1 aromatic rings. The molecule has 1 aromatic carbocycles. The van der Waals surface area contributed by atoms with Crippen molar-refractivity contribution in [3.8, 4) is 0 Å². The predicted octanol–water partition coefficient (Wildman–Crippen LogP) is 3.15. The van der Waals surface area contributed by atoms with E-state index in [0.717, 1.165) is 31.4 Å². The van der Waals surface area contributed by atoms with Gasteiger partial charge in [-0.2, -0.15) is 0 Å². The van der Waals surface area contributed by atoms with Crippen LogP contribution in [0.2, 0.25) is 0 Å². The van der Waals surface area contributed by atoms with Crippen LogP contribution in [-0.4, -0.2) is 59.4 Å². The van der Waals surface area contributed by atoms with Crippen molar-refractivity contribution >= 4 is 17.8 Å². The number of rotatable bonds is 4. The average Bonchev–Trinajstić information content (AvgIpc) is 2.71. The molecule has 6 nitrogen and oxygen atoms in total. The standard InChI is InChI=1S/C22H28F2N2O4/c1-14-4-3-5-15(2)26(14)20(27)13-30-22(29)16-8-10-25(11-9-16)21(28)18-7-6-17(23)12-19(18)24/h6-7,12,14-16H,3-5,8-11,13H2,1-2H3. The maximum Gasteiger partial charge on any atom is 0.309 e. The van der Waals surface area contributed by atoms with Crippen LogP contribution in [0.1, 0.15) is 56.3 Å². The Balaban J connectivity index is 1.48. The smallest absolute Gasteiger partial charge is 0.309 e. The van der Waals surface area contributed by atoms with Crippen molar-refractivity contribution in [1.29, 1.82) is 0 Å². The Morgan fingerprint density at radius 2 is 1.67 bits per heavy atom. The minimum Gasteiger partial charge on any atom is -0.455 e. The van der Waals surface area contributed by atoms with E-state index in [-0.39, 0.29) is 43.3 Å². The third kappa shape index (κ3) is 4.96. The van der Waals surface area contributed by atoms with Crippen molar-refractivity contribution in [2.75, 3.05) is 19.7 Å². The molecular formula is C22H28F2N2O4. The molecular weight excluding hydrogens is 394 g/mol. The van der Waals surface area contributed by atoms with Crippen LogP contribution in [0.5, 0.6) is 0 Å². The van der Waals surface area contributed by atoms with Gasteiger partial charge in [-0.15, -0.1) is 0 Å². The fourth-order valence-electron chi connectivity index (χ4n) is 4.39. The fourth-order valence-corrected chi connectivity index (χ4v) is 4.39. The van der Waals surface area contributed by atoms with Gasteiger partial charge in [0.1, 0.15) is 11.6 Å². The van der Waals surface area contributed by atoms with Gasteiger partial charge in [0.15, 0.2) is 6.61 Å². The van der Waals surface area contributed by atoms with Gasteiger partial charge in [-0.1, -0.05) is 0 Å². The molecule has 0 N–H and O–H groups in total. The lowest BCUT2D eigenvalue weighted by molar-refractivity contribution is -0.158. The van der Waals surface area contributed by atoms with Gasteiger partial charge >= 0.3 is 5.97 Å². The van der Waals surface area contributed by atoms with Gasteiger partial charge in [-0.25, -0.2) is 8.78 Å². The van der Waals surface area contributed by atoms with E-state index in [0.29, 0.717) is 18.9 Å². The van der Waals surface area contributed by atoms with Crippen molar-refractivity contribution in [3.63, 3.8) is 0 Å². The molecule has 2 heterocycles. The number of ether oxygens (including phenoxy) is 1. The van der Waals surface area contributed by atoms with Crippen molar-refractivity contribution in [1.82, 2.24) is 9.80 Å². The molecule has 0 saturated carbocycles. The van der Waals surface area contributed by atoms with Crippen LogP contribution in [0.25, 0.3) is 0 Å². The summed E-state index contributed by atoms with van der Waals surface area (Å²) < 4.78 is 32.2. The zero-order chi connectivity index (χ0) is 21.8. The SMILES string of the molecule is CC1CCCC(C)N1C(=O)COC(=O)C1CCN(C(=O)c2ccc(F)cc2F)CC1. The number of carbonyl (C=O) groups excluding carboxylic acids is 3. The molecule has 0 radical (unpaired) electrons. The summed E-state index contributed by atoms with van der Waals surface area (Å²) in [5.74, 6) is -3.20. The maximum absolute atomic E-state index is 13.8. The Labute approximate surface area is 175 Å². The first kappa shape index (κ1) is 22.2. The lowest BCUT2D eigenvalue weighted by Gasteiger charge is -2.39. The van der Waals surface area contributed by atoms with Crippen molar-refractivity contribution in [2.45, 2.75) is 58.0 Å². The molecule has 30 heavy (non-hydrogen) atoms. The third-order valence-electron chi connectivity index (χ3n) is 6.10. The summed E-state index contributed by atoms with van der Waals surface area (Å²) in [5, 5.41) is 0. The second-order valence-electron chi connectivity index (χ2n) is 8.23. The first-order valence-electron chi connectivity index (χ1n) is 10.5. The molecule has 3 rings (SSSR count). The highest BCUT2D eigenvalue weighted by Crippen LogP contribution is 2.24. The number of carbonyl (C=O) groups is 3. The number of nitrogens with zero attached hydrogens (tertiary/aromatic N) is 2. The zero-order valence-electron chi connectivity index (χ0n) is 17.4. The van der Waals surface area contributed by atoms with Crippen LogP contribution >= 0.6 is 0 Å². The molecule has 8 heteroatoms. The van der Waals surface area contributed by atoms with Gasteiger partial charge in [0.05, 0.1) is 11.5 Å². The van der Waals surface area contributed by atoms with E-state index in [1.807, 2.05) is 13.8 Å². The first-order valence-corrected chi connectivity index (χ1v) is 10.5. The molecule has 0 aliphatic carbocycles. The van der Waals surface area contributed by atoms with Crippen molar-refractivity contribution in [3.05, 3.63) is 35.4 Å². The highest BCUT2D eigenvalue weighted by Gasteiger charge is 2.32. The van der Waals surface area contributed by atoms with E-state index >= 15 is 0 Å². The summed E-state index contributed by atoms with van der Waals surface area (Å²) in [6.07, 6.45) is 3.73. The van der Waals surface area contributed by atoms with E-state index < -0.39 is 29.4 Å². The summed E-state index contributed by atoms with van der Waals surface area (Å²) in [7, 11) is 0. The highest BCUT2D eigenvalue weighted by molar-refractivity contribution is 5.94. The van der Waals surface area contributed by atoms with E-state index in [9.17, 15) is 23.2 Å². The number of esters is 1. The fraction of sp³-hybridized carbons (Fsp3) is 0.591. The minimum absolute atomic E-state index is 0.140. The number of halogens is 2. The lowest BCUT2D eigenvalue weighted by atomic mass is 9.96. The molecule has 2 unspecified atom stereocenters. The molecule has 2 fully saturated rings. The number of hydrogen-bond acceptors (Lipinski definition) is 4. The van der Waals surface area contributed by atoms with E-state index in [1.165, 1.54) is 4.90 Å². The summed E-state index contributed by atoms with van der Waals surface area (Å²) in [6, 6.07) is 3.13. The number of hydrogen-bond donors (Lipinski definition) is 0. The number of likely N-dealkylation sites (tertiary alicyclic amines) is 2. The second kappa shape index (κ2) is 9.53. The highest BCUT2D eigenvalue weighted by atomic mass is 19.1. The number of benzene rings is 1. The average molecular weight is 422 g/mol. The van der Waals surface area contributed by atoms with Crippen LogP contribution < -0.4 is 0 Å². The number of amides is 2. The van der Waals surface area contributed by atoms with Crippen LogP contribution in [-0.2, 0) is 14.3 Å². The Morgan fingerprint density at radius 1 is 1.03 bits per heavy atom. The molecule has 2 atom stereocenters. The van der Waals surface area contributed by atoms with Gasteiger partial charge < -0.3 is 14.5 Å². The Hall–Kier alpha value is -2.51. The molecule has 2 saturated heterocycles. The maximum atomic E-state index is 13.8. The first-order chi connectivity index (χ1) is 14.3. The van der Waals surface area contributed by atoms with Crippen LogP contribution in [0.4, 0.5) is 8.78 Å².